The van der Waals surface area contributed by atoms with Crippen LogP contribution >= 0.6 is 22.9 Å². The van der Waals surface area contributed by atoms with Crippen molar-refractivity contribution in [3.8, 4) is 0 Å². The zero-order chi connectivity index (χ0) is 13.1. The molecule has 0 aliphatic heterocycles. The van der Waals surface area contributed by atoms with Crippen molar-refractivity contribution in [2.45, 2.75) is 13.0 Å². The molecule has 0 aliphatic carbocycles. The number of hydrogen-bond donors (Lipinski definition) is 2. The van der Waals surface area contributed by atoms with E-state index >= 15 is 0 Å². The van der Waals surface area contributed by atoms with Gasteiger partial charge in [0, 0.05) is 11.3 Å². The van der Waals surface area contributed by atoms with E-state index in [9.17, 15) is 9.90 Å². The van der Waals surface area contributed by atoms with E-state index in [1.807, 2.05) is 0 Å². The summed E-state index contributed by atoms with van der Waals surface area (Å²) in [6.45, 7) is 1.63. The Morgan fingerprint density at radius 2 is 2.17 bits per heavy atom. The van der Waals surface area contributed by atoms with Crippen LogP contribution in [0.25, 0.3) is 0 Å². The van der Waals surface area contributed by atoms with Crippen LogP contribution in [0.4, 0.5) is 5.69 Å². The van der Waals surface area contributed by atoms with Crippen LogP contribution in [0.1, 0.15) is 28.4 Å². The SMILES string of the molecule is CC(O)c1ccccc1NC(=O)c1nnc(Cl)s1. The molecular formula is C11H10ClN3O2S. The molecule has 1 aromatic carbocycles. The molecule has 1 unspecified atom stereocenters. The number of aliphatic hydroxyl groups is 1. The van der Waals surface area contributed by atoms with Crippen molar-refractivity contribution in [2.24, 2.45) is 0 Å². The second kappa shape index (κ2) is 5.43. The summed E-state index contributed by atoms with van der Waals surface area (Å²) in [4.78, 5) is 11.9. The number of benzene rings is 1. The van der Waals surface area contributed by atoms with E-state index in [0.29, 0.717) is 11.3 Å². The Labute approximate surface area is 112 Å². The number of anilines is 1. The van der Waals surface area contributed by atoms with E-state index in [2.05, 4.69) is 15.5 Å². The van der Waals surface area contributed by atoms with E-state index < -0.39 is 12.0 Å². The van der Waals surface area contributed by atoms with Gasteiger partial charge in [-0.15, -0.1) is 10.2 Å². The molecule has 1 heterocycles. The smallest absolute Gasteiger partial charge is 0.286 e. The predicted octanol–water partition coefficient (Wildman–Crippen LogP) is 2.50. The Kier molecular flexibility index (Phi) is 3.90. The van der Waals surface area contributed by atoms with E-state index in [0.717, 1.165) is 11.3 Å². The fourth-order valence-electron chi connectivity index (χ4n) is 1.45. The molecule has 0 bridgehead atoms. The van der Waals surface area contributed by atoms with Crippen molar-refractivity contribution in [1.82, 2.24) is 10.2 Å². The van der Waals surface area contributed by atoms with Crippen LogP contribution in [0.5, 0.6) is 0 Å². The highest BCUT2D eigenvalue weighted by molar-refractivity contribution is 7.17. The van der Waals surface area contributed by atoms with Gasteiger partial charge in [-0.05, 0) is 24.6 Å². The number of carbonyl (C=O) groups is 1. The summed E-state index contributed by atoms with van der Waals surface area (Å²) < 4.78 is 0.212. The number of hydrogen-bond acceptors (Lipinski definition) is 5. The Morgan fingerprint density at radius 3 is 2.78 bits per heavy atom. The first-order chi connectivity index (χ1) is 8.58. The van der Waals surface area contributed by atoms with Gasteiger partial charge in [0.25, 0.3) is 5.91 Å². The van der Waals surface area contributed by atoms with Gasteiger partial charge >= 0.3 is 0 Å². The van der Waals surface area contributed by atoms with E-state index in [1.165, 1.54) is 0 Å². The van der Waals surface area contributed by atoms with Gasteiger partial charge in [-0.3, -0.25) is 4.79 Å². The normalized spacial score (nSPS) is 12.2. The molecule has 1 amide bonds. The number of rotatable bonds is 3. The largest absolute Gasteiger partial charge is 0.389 e. The molecule has 18 heavy (non-hydrogen) atoms. The van der Waals surface area contributed by atoms with Crippen molar-refractivity contribution in [2.75, 3.05) is 5.32 Å². The van der Waals surface area contributed by atoms with Crippen molar-refractivity contribution < 1.29 is 9.90 Å². The molecule has 1 atom stereocenters. The average Bonchev–Trinajstić information content (AvgIpc) is 2.76. The van der Waals surface area contributed by atoms with Gasteiger partial charge in [0.1, 0.15) is 0 Å². The molecule has 2 N–H and O–H groups in total. The third-order valence-corrected chi connectivity index (χ3v) is 3.27. The molecule has 2 rings (SSSR count). The molecule has 1 aromatic heterocycles. The Balaban J connectivity index is 2.22. The summed E-state index contributed by atoms with van der Waals surface area (Å²) in [5, 5.41) is 19.7. The minimum absolute atomic E-state index is 0.181. The summed E-state index contributed by atoms with van der Waals surface area (Å²) in [6.07, 6.45) is -0.667. The lowest BCUT2D eigenvalue weighted by Crippen LogP contribution is -2.13. The molecule has 5 nitrogen and oxygen atoms in total. The fraction of sp³-hybridized carbons (Fsp3) is 0.182. The quantitative estimate of drug-likeness (QED) is 0.907. The zero-order valence-electron chi connectivity index (χ0n) is 9.42. The topological polar surface area (TPSA) is 75.1 Å². The lowest BCUT2D eigenvalue weighted by atomic mass is 10.1. The van der Waals surface area contributed by atoms with E-state index in [4.69, 9.17) is 11.6 Å². The Morgan fingerprint density at radius 1 is 1.44 bits per heavy atom. The molecule has 94 valence electrons. The number of carbonyl (C=O) groups excluding carboxylic acids is 1. The van der Waals surface area contributed by atoms with Crippen LogP contribution in [0.3, 0.4) is 0 Å². The molecule has 2 aromatic rings. The minimum Gasteiger partial charge on any atom is -0.389 e. The molecule has 0 saturated carbocycles. The zero-order valence-corrected chi connectivity index (χ0v) is 11.0. The number of aromatic nitrogens is 2. The second-order valence-electron chi connectivity index (χ2n) is 3.58. The number of halogens is 1. The van der Waals surface area contributed by atoms with Crippen molar-refractivity contribution in [3.63, 3.8) is 0 Å². The number of aliphatic hydroxyl groups excluding tert-OH is 1. The number of nitrogens with zero attached hydrogens (tertiary/aromatic N) is 2. The van der Waals surface area contributed by atoms with Gasteiger partial charge in [-0.2, -0.15) is 0 Å². The summed E-state index contributed by atoms with van der Waals surface area (Å²) >= 11 is 6.61. The molecule has 7 heteroatoms. The van der Waals surface area contributed by atoms with Crippen LogP contribution in [-0.4, -0.2) is 21.2 Å². The summed E-state index contributed by atoms with van der Waals surface area (Å²) in [6, 6.07) is 7.02. The van der Waals surface area contributed by atoms with Crippen LogP contribution < -0.4 is 5.32 Å². The highest BCUT2D eigenvalue weighted by atomic mass is 35.5. The van der Waals surface area contributed by atoms with Crippen molar-refractivity contribution >= 4 is 34.5 Å². The highest BCUT2D eigenvalue weighted by Gasteiger charge is 2.15. The van der Waals surface area contributed by atoms with Gasteiger partial charge in [0.15, 0.2) is 0 Å². The number of amides is 1. The maximum absolute atomic E-state index is 11.9. The van der Waals surface area contributed by atoms with Crippen LogP contribution in [0.15, 0.2) is 24.3 Å². The van der Waals surface area contributed by atoms with E-state index in [-0.39, 0.29) is 9.47 Å². The second-order valence-corrected chi connectivity index (χ2v) is 5.14. The number of nitrogens with one attached hydrogen (secondary N) is 1. The number of para-hydroxylation sites is 1. The predicted molar refractivity (Wildman–Crippen MR) is 69.9 cm³/mol. The Bertz CT molecular complexity index is 571. The summed E-state index contributed by atoms with van der Waals surface area (Å²) in [5.41, 5.74) is 1.19. The van der Waals surface area contributed by atoms with Crippen molar-refractivity contribution in [3.05, 3.63) is 39.3 Å². The molecule has 0 spiro atoms. The molecule has 0 radical (unpaired) electrons. The maximum Gasteiger partial charge on any atom is 0.286 e. The fourth-order valence-corrected chi connectivity index (χ4v) is 2.17. The standard InChI is InChI=1S/C11H10ClN3O2S/c1-6(16)7-4-2-3-5-8(7)13-9(17)10-14-15-11(12)18-10/h2-6,16H,1H3,(H,13,17). The molecule has 0 saturated heterocycles. The lowest BCUT2D eigenvalue weighted by molar-refractivity contribution is 0.102. The highest BCUT2D eigenvalue weighted by Crippen LogP contribution is 2.23. The van der Waals surface area contributed by atoms with Gasteiger partial charge in [-0.1, -0.05) is 29.5 Å². The minimum atomic E-state index is -0.667. The van der Waals surface area contributed by atoms with Gasteiger partial charge in [0.2, 0.25) is 9.47 Å². The molecular weight excluding hydrogens is 274 g/mol. The molecule has 0 aliphatic rings. The van der Waals surface area contributed by atoms with Gasteiger partial charge in [-0.25, -0.2) is 0 Å². The first-order valence-electron chi connectivity index (χ1n) is 5.15. The molecule has 0 fully saturated rings. The summed E-state index contributed by atoms with van der Waals surface area (Å²) in [5.74, 6) is -0.396. The first-order valence-corrected chi connectivity index (χ1v) is 6.34. The summed E-state index contributed by atoms with van der Waals surface area (Å²) in [7, 11) is 0. The maximum atomic E-state index is 11.9. The Hall–Kier alpha value is -1.50. The first kappa shape index (κ1) is 12.9. The monoisotopic (exact) mass is 283 g/mol. The van der Waals surface area contributed by atoms with E-state index in [1.54, 1.807) is 31.2 Å². The third-order valence-electron chi connectivity index (χ3n) is 2.25. The van der Waals surface area contributed by atoms with Gasteiger partial charge in [0.05, 0.1) is 6.10 Å². The van der Waals surface area contributed by atoms with Gasteiger partial charge < -0.3 is 10.4 Å². The van der Waals surface area contributed by atoms with Crippen molar-refractivity contribution in [1.29, 1.82) is 0 Å². The third kappa shape index (κ3) is 2.84. The lowest BCUT2D eigenvalue weighted by Gasteiger charge is -2.11. The van der Waals surface area contributed by atoms with Crippen LogP contribution in [0.2, 0.25) is 4.47 Å². The van der Waals surface area contributed by atoms with Crippen LogP contribution in [0, 0.1) is 0 Å². The average molecular weight is 284 g/mol. The van der Waals surface area contributed by atoms with Crippen LogP contribution in [-0.2, 0) is 0 Å².